The third kappa shape index (κ3) is 4.40. The van der Waals surface area contributed by atoms with Gasteiger partial charge in [-0.15, -0.1) is 11.8 Å². The van der Waals surface area contributed by atoms with Gasteiger partial charge in [0.25, 0.3) is 0 Å². The number of carbonyl (C=O) groups is 1. The number of nitrogen functional groups attached to an aromatic ring is 1. The molecule has 0 spiro atoms. The zero-order valence-electron chi connectivity index (χ0n) is 8.40. The first-order valence-corrected chi connectivity index (χ1v) is 6.24. The predicted octanol–water partition coefficient (Wildman–Crippen LogP) is 1.43. The highest BCUT2D eigenvalue weighted by atomic mass is 79.9. The number of nitrogens with one attached hydrogen (secondary N) is 1. The van der Waals surface area contributed by atoms with Gasteiger partial charge in [0.15, 0.2) is 0 Å². The summed E-state index contributed by atoms with van der Waals surface area (Å²) in [6, 6.07) is 5.59. The lowest BCUT2D eigenvalue weighted by atomic mass is 10.3. The van der Waals surface area contributed by atoms with E-state index in [4.69, 9.17) is 11.6 Å². The Hall–Kier alpha value is -0.760. The van der Waals surface area contributed by atoms with Crippen LogP contribution in [-0.2, 0) is 9.63 Å². The first-order valence-electron chi connectivity index (χ1n) is 4.46. The Morgan fingerprint density at radius 3 is 3.00 bits per heavy atom. The molecule has 5 nitrogen and oxygen atoms in total. The summed E-state index contributed by atoms with van der Waals surface area (Å²) in [5, 5.41) is 0. The summed E-state index contributed by atoms with van der Waals surface area (Å²) in [5.41, 5.74) is 8.31. The third-order valence-electron chi connectivity index (χ3n) is 1.71. The molecular formula is C9H12BrN3O2S. The molecule has 0 saturated heterocycles. The second-order valence-electron chi connectivity index (χ2n) is 2.87. The van der Waals surface area contributed by atoms with Gasteiger partial charge < -0.3 is 10.6 Å². The van der Waals surface area contributed by atoms with Crippen molar-refractivity contribution in [3.8, 4) is 0 Å². The smallest absolute Gasteiger partial charge is 0.327 e. The molecule has 0 aliphatic carbocycles. The molecule has 0 unspecified atom stereocenters. The van der Waals surface area contributed by atoms with Crippen LogP contribution in [0.4, 0.5) is 5.69 Å². The molecule has 0 bridgehead atoms. The molecule has 0 saturated carbocycles. The standard InChI is InChI=1S/C9H12BrN3O2S/c10-6-1-2-7(11)8(5-6)16-4-3-9(14)15-13-12/h1-2,5,13H,3-4,11-12H2. The van der Waals surface area contributed by atoms with Crippen LogP contribution in [-0.4, -0.2) is 11.7 Å². The molecule has 88 valence electrons. The molecule has 0 radical (unpaired) electrons. The summed E-state index contributed by atoms with van der Waals surface area (Å²) in [5.74, 6) is 5.02. The van der Waals surface area contributed by atoms with Gasteiger partial charge in [0, 0.05) is 20.8 Å². The van der Waals surface area contributed by atoms with Crippen molar-refractivity contribution >= 4 is 39.3 Å². The van der Waals surface area contributed by atoms with Crippen LogP contribution in [0.5, 0.6) is 0 Å². The van der Waals surface area contributed by atoms with Crippen LogP contribution in [0.15, 0.2) is 27.6 Å². The number of rotatable bonds is 5. The Bertz CT molecular complexity index is 376. The average Bonchev–Trinajstić information content (AvgIpc) is 2.23. The van der Waals surface area contributed by atoms with Gasteiger partial charge in [-0.1, -0.05) is 21.5 Å². The van der Waals surface area contributed by atoms with Crippen LogP contribution in [0.1, 0.15) is 6.42 Å². The summed E-state index contributed by atoms with van der Waals surface area (Å²) in [4.78, 5) is 16.3. The van der Waals surface area contributed by atoms with Crippen LogP contribution in [0.25, 0.3) is 0 Å². The summed E-state index contributed by atoms with van der Waals surface area (Å²) in [6.07, 6.45) is 0.265. The van der Waals surface area contributed by atoms with Crippen molar-refractivity contribution in [2.24, 2.45) is 5.84 Å². The van der Waals surface area contributed by atoms with E-state index in [0.717, 1.165) is 9.37 Å². The van der Waals surface area contributed by atoms with Crippen LogP contribution in [0, 0.1) is 0 Å². The van der Waals surface area contributed by atoms with Gasteiger partial charge in [0.05, 0.1) is 6.42 Å². The van der Waals surface area contributed by atoms with Crippen molar-refractivity contribution in [1.29, 1.82) is 0 Å². The Morgan fingerprint density at radius 1 is 1.56 bits per heavy atom. The number of hydrogen-bond acceptors (Lipinski definition) is 6. The number of hydrazine groups is 1. The number of halogens is 1. The van der Waals surface area contributed by atoms with E-state index in [1.807, 2.05) is 23.8 Å². The molecule has 5 N–H and O–H groups in total. The Balaban J connectivity index is 2.42. The van der Waals surface area contributed by atoms with Gasteiger partial charge in [-0.2, -0.15) is 0 Å². The minimum absolute atomic E-state index is 0.265. The highest BCUT2D eigenvalue weighted by Crippen LogP contribution is 2.28. The van der Waals surface area contributed by atoms with Crippen molar-refractivity contribution in [3.05, 3.63) is 22.7 Å². The van der Waals surface area contributed by atoms with Crippen molar-refractivity contribution in [2.75, 3.05) is 11.5 Å². The Kier molecular flexibility index (Phi) is 5.61. The van der Waals surface area contributed by atoms with Crippen molar-refractivity contribution in [3.63, 3.8) is 0 Å². The quantitative estimate of drug-likeness (QED) is 0.330. The molecule has 16 heavy (non-hydrogen) atoms. The number of thioether (sulfide) groups is 1. The second kappa shape index (κ2) is 6.74. The van der Waals surface area contributed by atoms with Crippen molar-refractivity contribution < 1.29 is 9.63 Å². The SMILES string of the molecule is NNOC(=O)CCSc1cc(Br)ccc1N. The molecule has 0 aliphatic heterocycles. The number of hydrogen-bond donors (Lipinski definition) is 3. The maximum Gasteiger partial charge on any atom is 0.327 e. The van der Waals surface area contributed by atoms with Gasteiger partial charge >= 0.3 is 5.97 Å². The molecule has 0 amide bonds. The lowest BCUT2D eigenvalue weighted by Gasteiger charge is -2.05. The van der Waals surface area contributed by atoms with Gasteiger partial charge in [-0.25, -0.2) is 5.84 Å². The van der Waals surface area contributed by atoms with Gasteiger partial charge in [0.1, 0.15) is 0 Å². The minimum Gasteiger partial charge on any atom is -0.398 e. The average molecular weight is 306 g/mol. The summed E-state index contributed by atoms with van der Waals surface area (Å²) >= 11 is 4.85. The molecule has 0 aliphatic rings. The van der Waals surface area contributed by atoms with E-state index in [2.05, 4.69) is 20.8 Å². The molecule has 0 heterocycles. The van der Waals surface area contributed by atoms with E-state index in [-0.39, 0.29) is 6.42 Å². The topological polar surface area (TPSA) is 90.4 Å². The van der Waals surface area contributed by atoms with E-state index in [9.17, 15) is 4.79 Å². The maximum atomic E-state index is 11.0. The van der Waals surface area contributed by atoms with Crippen molar-refractivity contribution in [1.82, 2.24) is 5.59 Å². The third-order valence-corrected chi connectivity index (χ3v) is 3.28. The molecule has 0 atom stereocenters. The van der Waals surface area contributed by atoms with E-state index in [1.165, 1.54) is 11.8 Å². The van der Waals surface area contributed by atoms with E-state index in [1.54, 1.807) is 0 Å². The first kappa shape index (κ1) is 13.3. The minimum atomic E-state index is -0.399. The number of anilines is 1. The molecule has 1 rings (SSSR count). The molecular weight excluding hydrogens is 294 g/mol. The molecule has 1 aromatic rings. The zero-order valence-corrected chi connectivity index (χ0v) is 10.8. The zero-order chi connectivity index (χ0) is 12.0. The molecule has 1 aromatic carbocycles. The van der Waals surface area contributed by atoms with Gasteiger partial charge in [0.2, 0.25) is 0 Å². The highest BCUT2D eigenvalue weighted by Gasteiger charge is 2.05. The van der Waals surface area contributed by atoms with Crippen LogP contribution < -0.4 is 17.2 Å². The predicted molar refractivity (Wildman–Crippen MR) is 67.3 cm³/mol. The molecule has 7 heteroatoms. The van der Waals surface area contributed by atoms with E-state index in [0.29, 0.717) is 11.4 Å². The van der Waals surface area contributed by atoms with E-state index >= 15 is 0 Å². The summed E-state index contributed by atoms with van der Waals surface area (Å²) < 4.78 is 0.954. The fourth-order valence-electron chi connectivity index (χ4n) is 0.994. The highest BCUT2D eigenvalue weighted by molar-refractivity contribution is 9.10. The van der Waals surface area contributed by atoms with Crippen LogP contribution in [0.2, 0.25) is 0 Å². The first-order chi connectivity index (χ1) is 7.63. The van der Waals surface area contributed by atoms with Gasteiger partial charge in [-0.3, -0.25) is 4.79 Å². The maximum absolute atomic E-state index is 11.0. The normalized spacial score (nSPS) is 10.1. The van der Waals surface area contributed by atoms with Crippen LogP contribution in [0.3, 0.4) is 0 Å². The molecule has 0 aromatic heterocycles. The van der Waals surface area contributed by atoms with Gasteiger partial charge in [-0.05, 0) is 18.2 Å². The van der Waals surface area contributed by atoms with Crippen molar-refractivity contribution in [2.45, 2.75) is 11.3 Å². The number of carbonyl (C=O) groups excluding carboxylic acids is 1. The Morgan fingerprint density at radius 2 is 2.31 bits per heavy atom. The molecule has 0 fully saturated rings. The monoisotopic (exact) mass is 305 g/mol. The lowest BCUT2D eigenvalue weighted by molar-refractivity contribution is -0.150. The fourth-order valence-corrected chi connectivity index (χ4v) is 2.44. The largest absolute Gasteiger partial charge is 0.398 e. The van der Waals surface area contributed by atoms with Crippen LogP contribution >= 0.6 is 27.7 Å². The fraction of sp³-hybridized carbons (Fsp3) is 0.222. The number of nitrogens with two attached hydrogens (primary N) is 2. The Labute approximate surface area is 106 Å². The second-order valence-corrected chi connectivity index (χ2v) is 4.92. The van der Waals surface area contributed by atoms with E-state index < -0.39 is 5.97 Å². The lowest BCUT2D eigenvalue weighted by Crippen LogP contribution is -2.26. The number of benzene rings is 1. The summed E-state index contributed by atoms with van der Waals surface area (Å²) in [6.45, 7) is 0. The summed E-state index contributed by atoms with van der Waals surface area (Å²) in [7, 11) is 0.